The average Bonchev–Trinajstić information content (AvgIpc) is 2.49. The number of rotatable bonds is 3. The Labute approximate surface area is 124 Å². The lowest BCUT2D eigenvalue weighted by Crippen LogP contribution is -2.48. The second-order valence-corrected chi connectivity index (χ2v) is 5.18. The summed E-state index contributed by atoms with van der Waals surface area (Å²) in [6.45, 7) is 3.58. The second kappa shape index (κ2) is 7.53. The smallest absolute Gasteiger partial charge is 0.124 e. The Morgan fingerprint density at radius 1 is 1.43 bits per heavy atom. The second-order valence-electron chi connectivity index (χ2n) is 5.18. The first-order valence-corrected chi connectivity index (χ1v) is 6.98. The third kappa shape index (κ3) is 4.26. The molecule has 1 fully saturated rings. The van der Waals surface area contributed by atoms with Gasteiger partial charge >= 0.3 is 0 Å². The number of morpholine rings is 1. The van der Waals surface area contributed by atoms with E-state index in [1.807, 2.05) is 0 Å². The first kappa shape index (κ1) is 15.9. The Morgan fingerprint density at radius 2 is 2.24 bits per heavy atom. The number of halogens is 1. The van der Waals surface area contributed by atoms with Crippen molar-refractivity contribution in [1.29, 1.82) is 0 Å². The van der Waals surface area contributed by atoms with E-state index in [1.54, 1.807) is 6.07 Å². The molecule has 1 heterocycles. The van der Waals surface area contributed by atoms with Crippen LogP contribution >= 0.6 is 0 Å². The number of nitrogens with zero attached hydrogens (tertiary/aromatic N) is 1. The van der Waals surface area contributed by atoms with Crippen molar-refractivity contribution in [3.63, 3.8) is 0 Å². The molecule has 1 aromatic carbocycles. The predicted octanol–water partition coefficient (Wildman–Crippen LogP) is 0.751. The monoisotopic (exact) mass is 293 g/mol. The van der Waals surface area contributed by atoms with Crippen LogP contribution in [0.1, 0.15) is 18.1 Å². The Balaban J connectivity index is 2.17. The van der Waals surface area contributed by atoms with E-state index >= 15 is 0 Å². The fourth-order valence-corrected chi connectivity index (χ4v) is 2.36. The van der Waals surface area contributed by atoms with Crippen LogP contribution in [0, 0.1) is 17.7 Å². The summed E-state index contributed by atoms with van der Waals surface area (Å²) in [6.07, 6.45) is -0.186. The minimum absolute atomic E-state index is 0.0101. The highest BCUT2D eigenvalue weighted by Crippen LogP contribution is 2.18. The lowest BCUT2D eigenvalue weighted by atomic mass is 10.1. The molecule has 2 N–H and O–H groups in total. The molecule has 1 saturated heterocycles. The molecule has 0 amide bonds. The van der Waals surface area contributed by atoms with Crippen LogP contribution in [0.25, 0.3) is 0 Å². The van der Waals surface area contributed by atoms with E-state index in [4.69, 9.17) is 9.84 Å². The van der Waals surface area contributed by atoms with Crippen molar-refractivity contribution in [3.8, 4) is 11.8 Å². The summed E-state index contributed by atoms with van der Waals surface area (Å²) in [4.78, 5) is 2.18. The molecule has 114 valence electrons. The van der Waals surface area contributed by atoms with Crippen LogP contribution in [0.5, 0.6) is 0 Å². The summed E-state index contributed by atoms with van der Waals surface area (Å²) in [5.74, 6) is 5.00. The van der Waals surface area contributed by atoms with Gasteiger partial charge in [-0.05, 0) is 24.6 Å². The zero-order valence-corrected chi connectivity index (χ0v) is 12.1. The van der Waals surface area contributed by atoms with E-state index in [9.17, 15) is 9.50 Å². The summed E-state index contributed by atoms with van der Waals surface area (Å²) in [5, 5.41) is 18.0. The van der Waals surface area contributed by atoms with Crippen LogP contribution in [0.4, 0.5) is 4.39 Å². The number of benzene rings is 1. The number of aliphatic hydroxyl groups is 2. The van der Waals surface area contributed by atoms with Crippen molar-refractivity contribution in [2.24, 2.45) is 0 Å². The van der Waals surface area contributed by atoms with Crippen molar-refractivity contribution in [2.75, 3.05) is 26.4 Å². The van der Waals surface area contributed by atoms with Crippen LogP contribution in [-0.2, 0) is 11.3 Å². The minimum Gasteiger partial charge on any atom is -0.394 e. The number of ether oxygens (including phenoxy) is 1. The molecule has 0 aliphatic carbocycles. The van der Waals surface area contributed by atoms with Gasteiger partial charge in [0.25, 0.3) is 0 Å². The van der Waals surface area contributed by atoms with Gasteiger partial charge in [-0.25, -0.2) is 4.39 Å². The van der Waals surface area contributed by atoms with Crippen molar-refractivity contribution in [2.45, 2.75) is 25.6 Å². The van der Waals surface area contributed by atoms with E-state index in [-0.39, 0.29) is 31.2 Å². The number of aliphatic hydroxyl groups excluding tert-OH is 2. The highest BCUT2D eigenvalue weighted by atomic mass is 19.1. The molecule has 0 saturated carbocycles. The molecule has 4 nitrogen and oxygen atoms in total. The molecule has 1 aromatic rings. The summed E-state index contributed by atoms with van der Waals surface area (Å²) in [6, 6.07) is 4.73. The first-order chi connectivity index (χ1) is 10.1. The van der Waals surface area contributed by atoms with Crippen LogP contribution in [0.3, 0.4) is 0 Å². The van der Waals surface area contributed by atoms with Gasteiger partial charge in [0.15, 0.2) is 0 Å². The van der Waals surface area contributed by atoms with Gasteiger partial charge in [0.05, 0.1) is 19.3 Å². The van der Waals surface area contributed by atoms with Gasteiger partial charge < -0.3 is 14.9 Å². The van der Waals surface area contributed by atoms with Crippen molar-refractivity contribution in [1.82, 2.24) is 4.90 Å². The lowest BCUT2D eigenvalue weighted by molar-refractivity contribution is -0.0805. The van der Waals surface area contributed by atoms with Gasteiger partial charge in [-0.3, -0.25) is 4.90 Å². The zero-order chi connectivity index (χ0) is 15.2. The SMILES string of the molecule is CC1COC(CO)CN1Cc1ccc(F)cc1C#CCO. The van der Waals surface area contributed by atoms with Gasteiger partial charge in [0.2, 0.25) is 0 Å². The maximum atomic E-state index is 13.3. The summed E-state index contributed by atoms with van der Waals surface area (Å²) in [5.41, 5.74) is 1.49. The normalized spacial score (nSPS) is 22.7. The van der Waals surface area contributed by atoms with Crippen molar-refractivity contribution in [3.05, 3.63) is 35.1 Å². The molecule has 2 atom stereocenters. The maximum absolute atomic E-state index is 13.3. The van der Waals surface area contributed by atoms with Crippen molar-refractivity contribution >= 4 is 0 Å². The van der Waals surface area contributed by atoms with Crippen LogP contribution < -0.4 is 0 Å². The van der Waals surface area contributed by atoms with Crippen LogP contribution in [0.15, 0.2) is 18.2 Å². The summed E-state index contributed by atoms with van der Waals surface area (Å²) in [7, 11) is 0. The molecular weight excluding hydrogens is 273 g/mol. The van der Waals surface area contributed by atoms with Gasteiger partial charge in [-0.2, -0.15) is 0 Å². The van der Waals surface area contributed by atoms with Crippen LogP contribution in [0.2, 0.25) is 0 Å². The van der Waals surface area contributed by atoms with Crippen LogP contribution in [-0.4, -0.2) is 53.6 Å². The Morgan fingerprint density at radius 3 is 2.95 bits per heavy atom. The zero-order valence-electron chi connectivity index (χ0n) is 12.1. The molecule has 0 aromatic heterocycles. The molecule has 1 aliphatic heterocycles. The molecule has 2 rings (SSSR count). The quantitative estimate of drug-likeness (QED) is 0.808. The molecule has 0 bridgehead atoms. The lowest BCUT2D eigenvalue weighted by Gasteiger charge is -2.37. The summed E-state index contributed by atoms with van der Waals surface area (Å²) >= 11 is 0. The minimum atomic E-state index is -0.343. The molecule has 5 heteroatoms. The third-order valence-corrected chi connectivity index (χ3v) is 3.59. The highest BCUT2D eigenvalue weighted by molar-refractivity contribution is 5.41. The molecule has 21 heavy (non-hydrogen) atoms. The maximum Gasteiger partial charge on any atom is 0.124 e. The summed E-state index contributed by atoms with van der Waals surface area (Å²) < 4.78 is 18.9. The molecule has 0 spiro atoms. The Hall–Kier alpha value is -1.45. The topological polar surface area (TPSA) is 52.9 Å². The highest BCUT2D eigenvalue weighted by Gasteiger charge is 2.26. The van der Waals surface area contributed by atoms with E-state index in [2.05, 4.69) is 23.7 Å². The molecule has 2 unspecified atom stereocenters. The average molecular weight is 293 g/mol. The Kier molecular flexibility index (Phi) is 5.71. The number of hydrogen-bond donors (Lipinski definition) is 2. The Bertz CT molecular complexity index is 538. The van der Waals surface area contributed by atoms with Gasteiger partial charge in [-0.1, -0.05) is 17.9 Å². The van der Waals surface area contributed by atoms with E-state index in [0.29, 0.717) is 25.3 Å². The van der Waals surface area contributed by atoms with Gasteiger partial charge in [-0.15, -0.1) is 0 Å². The van der Waals surface area contributed by atoms with E-state index < -0.39 is 0 Å². The molecule has 0 radical (unpaired) electrons. The standard InChI is InChI=1S/C16H20FNO3/c1-12-11-21-16(10-20)9-18(12)8-14-4-5-15(17)7-13(14)3-2-6-19/h4-5,7,12,16,19-20H,6,8-11H2,1H3. The predicted molar refractivity (Wildman–Crippen MR) is 77.1 cm³/mol. The molecular formula is C16H20FNO3. The molecule has 1 aliphatic rings. The fraction of sp³-hybridized carbons (Fsp3) is 0.500. The largest absolute Gasteiger partial charge is 0.394 e. The number of hydrogen-bond acceptors (Lipinski definition) is 4. The van der Waals surface area contributed by atoms with Crippen molar-refractivity contribution < 1.29 is 19.3 Å². The third-order valence-electron chi connectivity index (χ3n) is 3.59. The van der Waals surface area contributed by atoms with E-state index in [1.165, 1.54) is 12.1 Å². The van der Waals surface area contributed by atoms with Gasteiger partial charge in [0, 0.05) is 24.7 Å². The fourth-order valence-electron chi connectivity index (χ4n) is 2.36. The first-order valence-electron chi connectivity index (χ1n) is 6.98. The van der Waals surface area contributed by atoms with E-state index in [0.717, 1.165) is 5.56 Å². The van der Waals surface area contributed by atoms with Gasteiger partial charge in [0.1, 0.15) is 12.4 Å².